The highest BCUT2D eigenvalue weighted by Crippen LogP contribution is 2.24. The Morgan fingerprint density at radius 2 is 1.79 bits per heavy atom. The van der Waals surface area contributed by atoms with Crippen molar-refractivity contribution in [3.63, 3.8) is 0 Å². The van der Waals surface area contributed by atoms with Gasteiger partial charge in [-0.2, -0.15) is 0 Å². The van der Waals surface area contributed by atoms with Crippen LogP contribution in [0.4, 0.5) is 0 Å². The molecule has 0 heterocycles. The molecule has 1 atom stereocenters. The maximum absolute atomic E-state index is 11.2. The zero-order chi connectivity index (χ0) is 11.4. The van der Waals surface area contributed by atoms with E-state index in [0.717, 1.165) is 6.54 Å². The highest BCUT2D eigenvalue weighted by Gasteiger charge is 2.23. The van der Waals surface area contributed by atoms with E-state index in [4.69, 9.17) is 0 Å². The first kappa shape index (κ1) is 13.4. The number of nitrogens with one attached hydrogen (secondary N) is 2. The van der Waals surface area contributed by atoms with Gasteiger partial charge in [-0.05, 0) is 18.3 Å². The molecule has 0 fully saturated rings. The Kier molecular flexibility index (Phi) is 5.13. The molecule has 0 aliphatic carbocycles. The summed E-state index contributed by atoms with van der Waals surface area (Å²) >= 11 is 0. The zero-order valence-electron chi connectivity index (χ0n) is 10.3. The lowest BCUT2D eigenvalue weighted by molar-refractivity contribution is -0.122. The molecule has 0 aliphatic heterocycles. The van der Waals surface area contributed by atoms with Gasteiger partial charge in [0, 0.05) is 13.6 Å². The van der Waals surface area contributed by atoms with E-state index in [1.807, 2.05) is 6.92 Å². The van der Waals surface area contributed by atoms with E-state index in [0.29, 0.717) is 5.92 Å². The highest BCUT2D eigenvalue weighted by atomic mass is 16.2. The molecule has 0 aromatic heterocycles. The molecule has 84 valence electrons. The third-order valence-electron chi connectivity index (χ3n) is 3.07. The number of carbonyl (C=O) groups is 1. The number of rotatable bonds is 5. The van der Waals surface area contributed by atoms with Gasteiger partial charge in [0.2, 0.25) is 5.91 Å². The van der Waals surface area contributed by atoms with Gasteiger partial charge in [0.1, 0.15) is 0 Å². The smallest absolute Gasteiger partial charge is 0.236 e. The van der Waals surface area contributed by atoms with Crippen LogP contribution in [-0.4, -0.2) is 25.5 Å². The third-order valence-corrected chi connectivity index (χ3v) is 3.07. The maximum Gasteiger partial charge on any atom is 0.236 e. The first-order valence-corrected chi connectivity index (χ1v) is 5.26. The first-order valence-electron chi connectivity index (χ1n) is 5.26. The standard InChI is InChI=1S/C11H24N2O/c1-8(2)11(4,5)7-13-9(3)10(14)12-6/h8-9,13H,7H2,1-6H3,(H,12,14). The summed E-state index contributed by atoms with van der Waals surface area (Å²) < 4.78 is 0. The molecule has 1 unspecified atom stereocenters. The molecule has 0 spiro atoms. The first-order chi connectivity index (χ1) is 6.31. The van der Waals surface area contributed by atoms with Crippen LogP contribution in [0.1, 0.15) is 34.6 Å². The Balaban J connectivity index is 3.99. The van der Waals surface area contributed by atoms with Gasteiger partial charge in [0.05, 0.1) is 6.04 Å². The largest absolute Gasteiger partial charge is 0.358 e. The molecule has 2 N–H and O–H groups in total. The van der Waals surface area contributed by atoms with E-state index >= 15 is 0 Å². The molecule has 0 aromatic carbocycles. The summed E-state index contributed by atoms with van der Waals surface area (Å²) in [4.78, 5) is 11.2. The number of likely N-dealkylation sites (N-methyl/N-ethyl adjacent to an activating group) is 1. The van der Waals surface area contributed by atoms with Gasteiger partial charge in [-0.1, -0.05) is 27.7 Å². The van der Waals surface area contributed by atoms with E-state index in [1.54, 1.807) is 7.05 Å². The average Bonchev–Trinajstić information content (AvgIpc) is 2.12. The Bertz CT molecular complexity index is 188. The minimum Gasteiger partial charge on any atom is -0.358 e. The fourth-order valence-corrected chi connectivity index (χ4v) is 0.929. The second kappa shape index (κ2) is 5.35. The van der Waals surface area contributed by atoms with Crippen LogP contribution in [0.5, 0.6) is 0 Å². The lowest BCUT2D eigenvalue weighted by Gasteiger charge is -2.30. The predicted octanol–water partition coefficient (Wildman–Crippen LogP) is 1.39. The SMILES string of the molecule is CNC(=O)C(C)NCC(C)(C)C(C)C. The van der Waals surface area contributed by atoms with Gasteiger partial charge in [-0.15, -0.1) is 0 Å². The van der Waals surface area contributed by atoms with Crippen molar-refractivity contribution in [3.8, 4) is 0 Å². The summed E-state index contributed by atoms with van der Waals surface area (Å²) in [7, 11) is 1.66. The average molecular weight is 200 g/mol. The molecule has 0 saturated carbocycles. The van der Waals surface area contributed by atoms with E-state index in [1.165, 1.54) is 0 Å². The van der Waals surface area contributed by atoms with Gasteiger partial charge in [-0.3, -0.25) is 4.79 Å². The predicted molar refractivity (Wildman–Crippen MR) is 60.2 cm³/mol. The van der Waals surface area contributed by atoms with Gasteiger partial charge in [-0.25, -0.2) is 0 Å². The van der Waals surface area contributed by atoms with Crippen LogP contribution >= 0.6 is 0 Å². The lowest BCUT2D eigenvalue weighted by Crippen LogP contribution is -2.45. The summed E-state index contributed by atoms with van der Waals surface area (Å²) in [5.41, 5.74) is 0.224. The lowest BCUT2D eigenvalue weighted by atomic mass is 9.81. The normalized spacial score (nSPS) is 14.2. The number of amides is 1. The van der Waals surface area contributed by atoms with Crippen molar-refractivity contribution in [1.29, 1.82) is 0 Å². The van der Waals surface area contributed by atoms with E-state index in [2.05, 4.69) is 38.3 Å². The minimum atomic E-state index is -0.113. The van der Waals surface area contributed by atoms with E-state index < -0.39 is 0 Å². The molecular weight excluding hydrogens is 176 g/mol. The molecule has 0 aromatic rings. The van der Waals surface area contributed by atoms with Crippen molar-refractivity contribution in [2.75, 3.05) is 13.6 Å². The van der Waals surface area contributed by atoms with Crippen LogP contribution in [0.25, 0.3) is 0 Å². The summed E-state index contributed by atoms with van der Waals surface area (Å²) in [6.07, 6.45) is 0. The Labute approximate surface area is 87.6 Å². The molecule has 0 aliphatic rings. The third kappa shape index (κ3) is 4.09. The Morgan fingerprint density at radius 1 is 1.29 bits per heavy atom. The van der Waals surface area contributed by atoms with Crippen molar-refractivity contribution in [1.82, 2.24) is 10.6 Å². The molecule has 0 radical (unpaired) electrons. The van der Waals surface area contributed by atoms with Crippen molar-refractivity contribution in [2.45, 2.75) is 40.7 Å². The fraction of sp³-hybridized carbons (Fsp3) is 0.909. The van der Waals surface area contributed by atoms with Crippen molar-refractivity contribution in [3.05, 3.63) is 0 Å². The summed E-state index contributed by atoms with van der Waals surface area (Å²) in [6, 6.07) is -0.113. The number of hydrogen-bond donors (Lipinski definition) is 2. The Morgan fingerprint density at radius 3 is 2.14 bits per heavy atom. The molecule has 0 bridgehead atoms. The monoisotopic (exact) mass is 200 g/mol. The van der Waals surface area contributed by atoms with Crippen LogP contribution in [0, 0.1) is 11.3 Å². The zero-order valence-corrected chi connectivity index (χ0v) is 10.3. The quantitative estimate of drug-likeness (QED) is 0.704. The second-order valence-corrected chi connectivity index (χ2v) is 4.86. The molecule has 0 saturated heterocycles. The molecule has 3 heteroatoms. The number of carbonyl (C=O) groups excluding carboxylic acids is 1. The molecule has 0 rings (SSSR count). The van der Waals surface area contributed by atoms with Gasteiger partial charge in [0.15, 0.2) is 0 Å². The molecular formula is C11H24N2O. The molecule has 3 nitrogen and oxygen atoms in total. The van der Waals surface area contributed by atoms with E-state index in [9.17, 15) is 4.79 Å². The van der Waals surface area contributed by atoms with Gasteiger partial charge in [0.25, 0.3) is 0 Å². The summed E-state index contributed by atoms with van der Waals surface area (Å²) in [5.74, 6) is 0.649. The fourth-order valence-electron chi connectivity index (χ4n) is 0.929. The van der Waals surface area contributed by atoms with Crippen LogP contribution in [0.3, 0.4) is 0 Å². The van der Waals surface area contributed by atoms with Crippen molar-refractivity contribution in [2.24, 2.45) is 11.3 Å². The topological polar surface area (TPSA) is 41.1 Å². The van der Waals surface area contributed by atoms with Crippen molar-refractivity contribution >= 4 is 5.91 Å². The van der Waals surface area contributed by atoms with Crippen LogP contribution in [-0.2, 0) is 4.79 Å². The van der Waals surface area contributed by atoms with Crippen LogP contribution in [0.2, 0.25) is 0 Å². The van der Waals surface area contributed by atoms with Crippen LogP contribution in [0.15, 0.2) is 0 Å². The summed E-state index contributed by atoms with van der Waals surface area (Å²) in [5, 5.41) is 5.87. The maximum atomic E-state index is 11.2. The van der Waals surface area contributed by atoms with Crippen LogP contribution < -0.4 is 10.6 Å². The van der Waals surface area contributed by atoms with Gasteiger partial charge >= 0.3 is 0 Å². The van der Waals surface area contributed by atoms with Crippen molar-refractivity contribution < 1.29 is 4.79 Å². The molecule has 14 heavy (non-hydrogen) atoms. The second-order valence-electron chi connectivity index (χ2n) is 4.86. The van der Waals surface area contributed by atoms with E-state index in [-0.39, 0.29) is 17.4 Å². The molecule has 1 amide bonds. The number of hydrogen-bond acceptors (Lipinski definition) is 2. The Hall–Kier alpha value is -0.570. The summed E-state index contributed by atoms with van der Waals surface area (Å²) in [6.45, 7) is 11.6. The minimum absolute atomic E-state index is 0.0459. The highest BCUT2D eigenvalue weighted by molar-refractivity contribution is 5.80. The van der Waals surface area contributed by atoms with Gasteiger partial charge < -0.3 is 10.6 Å².